The molecule has 4 heteroatoms. The van der Waals surface area contributed by atoms with Gasteiger partial charge in [-0.3, -0.25) is 4.79 Å². The molecule has 0 spiro atoms. The van der Waals surface area contributed by atoms with E-state index in [9.17, 15) is 4.79 Å². The summed E-state index contributed by atoms with van der Waals surface area (Å²) in [5, 5.41) is 2.92. The van der Waals surface area contributed by atoms with Crippen LogP contribution in [0.1, 0.15) is 25.7 Å². The fourth-order valence-corrected chi connectivity index (χ4v) is 1.94. The van der Waals surface area contributed by atoms with E-state index in [2.05, 4.69) is 5.32 Å². The molecule has 0 aliphatic heterocycles. The first-order chi connectivity index (χ1) is 6.74. The molecule has 1 aliphatic rings. The van der Waals surface area contributed by atoms with Crippen LogP contribution < -0.4 is 11.1 Å². The number of nitrogens with two attached hydrogens (primary N) is 1. The minimum Gasteiger partial charge on any atom is -0.354 e. The van der Waals surface area contributed by atoms with E-state index < -0.39 is 0 Å². The molecule has 0 aromatic carbocycles. The highest BCUT2D eigenvalue weighted by atomic mass is 32.2. The molecule has 1 amide bonds. The van der Waals surface area contributed by atoms with E-state index in [0.29, 0.717) is 5.92 Å². The van der Waals surface area contributed by atoms with Crippen molar-refractivity contribution < 1.29 is 4.79 Å². The maximum Gasteiger partial charge on any atom is 0.236 e. The molecule has 0 saturated heterocycles. The average Bonchev–Trinajstić information content (AvgIpc) is 2.11. The van der Waals surface area contributed by atoms with E-state index in [1.165, 1.54) is 19.3 Å². The molecular formula is C10H20N2OS. The summed E-state index contributed by atoms with van der Waals surface area (Å²) in [6, 6.07) is -0.317. The van der Waals surface area contributed by atoms with Gasteiger partial charge in [-0.15, -0.1) is 0 Å². The second kappa shape index (κ2) is 6.30. The highest BCUT2D eigenvalue weighted by Gasteiger charge is 2.19. The lowest BCUT2D eigenvalue weighted by molar-refractivity contribution is -0.122. The summed E-state index contributed by atoms with van der Waals surface area (Å²) in [4.78, 5) is 11.4. The predicted octanol–water partition coefficient (Wildman–Crippen LogP) is 0.983. The number of amides is 1. The Morgan fingerprint density at radius 2 is 2.36 bits per heavy atom. The average molecular weight is 216 g/mol. The van der Waals surface area contributed by atoms with Crippen molar-refractivity contribution in [2.24, 2.45) is 11.7 Å². The van der Waals surface area contributed by atoms with Crippen molar-refractivity contribution in [3.63, 3.8) is 0 Å². The van der Waals surface area contributed by atoms with Crippen LogP contribution in [-0.4, -0.2) is 30.5 Å². The lowest BCUT2D eigenvalue weighted by Crippen LogP contribution is -2.43. The number of hydrogen-bond donors (Lipinski definition) is 2. The van der Waals surface area contributed by atoms with Crippen molar-refractivity contribution >= 4 is 17.7 Å². The number of thioether (sulfide) groups is 1. The Balaban J connectivity index is 2.06. The number of nitrogens with one attached hydrogen (secondary N) is 1. The van der Waals surface area contributed by atoms with Gasteiger partial charge < -0.3 is 11.1 Å². The van der Waals surface area contributed by atoms with Crippen LogP contribution in [0.3, 0.4) is 0 Å². The van der Waals surface area contributed by atoms with Gasteiger partial charge in [-0.1, -0.05) is 6.42 Å². The minimum atomic E-state index is -0.317. The van der Waals surface area contributed by atoms with Crippen molar-refractivity contribution in [2.75, 3.05) is 18.6 Å². The minimum absolute atomic E-state index is 0.0194. The fourth-order valence-electron chi connectivity index (χ4n) is 1.45. The van der Waals surface area contributed by atoms with Gasteiger partial charge in [0, 0.05) is 6.54 Å². The van der Waals surface area contributed by atoms with Gasteiger partial charge in [0.25, 0.3) is 0 Å². The van der Waals surface area contributed by atoms with Gasteiger partial charge in [0.1, 0.15) is 0 Å². The summed E-state index contributed by atoms with van der Waals surface area (Å²) in [5.41, 5.74) is 5.72. The zero-order valence-electron chi connectivity index (χ0n) is 8.79. The second-order valence-corrected chi connectivity index (χ2v) is 4.92. The largest absolute Gasteiger partial charge is 0.354 e. The van der Waals surface area contributed by atoms with Gasteiger partial charge in [0.15, 0.2) is 0 Å². The molecule has 0 unspecified atom stereocenters. The molecule has 3 nitrogen and oxygen atoms in total. The zero-order chi connectivity index (χ0) is 10.4. The lowest BCUT2D eigenvalue weighted by Gasteiger charge is -2.26. The molecule has 14 heavy (non-hydrogen) atoms. The van der Waals surface area contributed by atoms with Gasteiger partial charge in [0.05, 0.1) is 6.04 Å². The van der Waals surface area contributed by atoms with Crippen LogP contribution in [0.4, 0.5) is 0 Å². The third-order valence-electron chi connectivity index (χ3n) is 2.76. The number of carbonyl (C=O) groups is 1. The highest BCUT2D eigenvalue weighted by molar-refractivity contribution is 7.98. The first kappa shape index (κ1) is 11.9. The van der Waals surface area contributed by atoms with Crippen LogP contribution in [-0.2, 0) is 4.79 Å². The molecule has 0 heterocycles. The normalized spacial score (nSPS) is 18.7. The topological polar surface area (TPSA) is 55.1 Å². The molecule has 0 aromatic rings. The van der Waals surface area contributed by atoms with Crippen LogP contribution >= 0.6 is 11.8 Å². The fraction of sp³-hybridized carbons (Fsp3) is 0.900. The molecule has 1 rings (SSSR count). The summed E-state index contributed by atoms with van der Waals surface area (Å²) in [5.74, 6) is 1.69. The van der Waals surface area contributed by atoms with E-state index in [4.69, 9.17) is 5.73 Å². The van der Waals surface area contributed by atoms with Crippen LogP contribution in [0.5, 0.6) is 0 Å². The Kier molecular flexibility index (Phi) is 5.33. The first-order valence-electron chi connectivity index (χ1n) is 5.26. The summed E-state index contributed by atoms with van der Waals surface area (Å²) in [6.07, 6.45) is 6.65. The van der Waals surface area contributed by atoms with Gasteiger partial charge in [0.2, 0.25) is 5.91 Å². The Morgan fingerprint density at radius 3 is 2.86 bits per heavy atom. The molecule has 1 fully saturated rings. The van der Waals surface area contributed by atoms with E-state index in [1.807, 2.05) is 6.26 Å². The molecule has 0 bridgehead atoms. The second-order valence-electron chi connectivity index (χ2n) is 3.93. The number of rotatable bonds is 6. The standard InChI is InChI=1S/C10H20N2OS/c1-14-6-5-9(11)10(13)12-7-8-3-2-4-8/h8-9H,2-7,11H2,1H3,(H,12,13)/t9-/m0/s1. The summed E-state index contributed by atoms with van der Waals surface area (Å²) < 4.78 is 0. The quantitative estimate of drug-likeness (QED) is 0.696. The number of hydrogen-bond acceptors (Lipinski definition) is 3. The molecule has 82 valence electrons. The lowest BCUT2D eigenvalue weighted by atomic mass is 9.85. The molecular weight excluding hydrogens is 196 g/mol. The molecule has 0 radical (unpaired) electrons. The number of carbonyl (C=O) groups excluding carboxylic acids is 1. The maximum absolute atomic E-state index is 11.4. The smallest absolute Gasteiger partial charge is 0.236 e. The Labute approximate surface area is 90.2 Å². The third-order valence-corrected chi connectivity index (χ3v) is 3.40. The third kappa shape index (κ3) is 3.88. The van der Waals surface area contributed by atoms with E-state index in [0.717, 1.165) is 18.7 Å². The molecule has 1 aliphatic carbocycles. The van der Waals surface area contributed by atoms with Crippen LogP contribution in [0.25, 0.3) is 0 Å². The zero-order valence-corrected chi connectivity index (χ0v) is 9.61. The van der Waals surface area contributed by atoms with Gasteiger partial charge >= 0.3 is 0 Å². The van der Waals surface area contributed by atoms with E-state index in [1.54, 1.807) is 11.8 Å². The van der Waals surface area contributed by atoms with Crippen molar-refractivity contribution in [3.05, 3.63) is 0 Å². The summed E-state index contributed by atoms with van der Waals surface area (Å²) in [6.45, 7) is 0.825. The van der Waals surface area contributed by atoms with Crippen LogP contribution in [0, 0.1) is 5.92 Å². The summed E-state index contributed by atoms with van der Waals surface area (Å²) >= 11 is 1.73. The van der Waals surface area contributed by atoms with Crippen molar-refractivity contribution in [2.45, 2.75) is 31.7 Å². The van der Waals surface area contributed by atoms with Gasteiger partial charge in [-0.2, -0.15) is 11.8 Å². The maximum atomic E-state index is 11.4. The van der Waals surface area contributed by atoms with Gasteiger partial charge in [-0.25, -0.2) is 0 Å². The Bertz CT molecular complexity index is 183. The SMILES string of the molecule is CSCC[C@H](N)C(=O)NCC1CCC1. The van der Waals surface area contributed by atoms with Crippen molar-refractivity contribution in [3.8, 4) is 0 Å². The molecule has 1 saturated carbocycles. The van der Waals surface area contributed by atoms with Crippen LogP contribution in [0.2, 0.25) is 0 Å². The monoisotopic (exact) mass is 216 g/mol. The highest BCUT2D eigenvalue weighted by Crippen LogP contribution is 2.25. The van der Waals surface area contributed by atoms with Crippen molar-refractivity contribution in [1.82, 2.24) is 5.32 Å². The Hall–Kier alpha value is -0.220. The van der Waals surface area contributed by atoms with E-state index >= 15 is 0 Å². The summed E-state index contributed by atoms with van der Waals surface area (Å²) in [7, 11) is 0. The van der Waals surface area contributed by atoms with Gasteiger partial charge in [-0.05, 0) is 37.2 Å². The first-order valence-corrected chi connectivity index (χ1v) is 6.65. The van der Waals surface area contributed by atoms with E-state index in [-0.39, 0.29) is 11.9 Å². The Morgan fingerprint density at radius 1 is 1.64 bits per heavy atom. The van der Waals surface area contributed by atoms with Crippen molar-refractivity contribution in [1.29, 1.82) is 0 Å². The molecule has 0 aromatic heterocycles. The molecule has 1 atom stereocenters. The van der Waals surface area contributed by atoms with Crippen LogP contribution in [0.15, 0.2) is 0 Å². The predicted molar refractivity (Wildman–Crippen MR) is 61.3 cm³/mol. The molecule has 3 N–H and O–H groups in total.